The zero-order valence-electron chi connectivity index (χ0n) is 13.7. The monoisotopic (exact) mass is 319 g/mol. The van der Waals surface area contributed by atoms with E-state index in [2.05, 4.69) is 29.1 Å². The second kappa shape index (κ2) is 7.38. The molecule has 0 bridgehead atoms. The fourth-order valence-electron chi connectivity index (χ4n) is 3.37. The van der Waals surface area contributed by atoms with Crippen LogP contribution in [0.3, 0.4) is 0 Å². The fraction of sp³-hybridized carbons (Fsp3) is 0.647. The van der Waals surface area contributed by atoms with Gasteiger partial charge in [-0.25, -0.2) is 9.97 Å². The number of rotatable bonds is 7. The Bertz CT molecular complexity index is 618. The van der Waals surface area contributed by atoms with Gasteiger partial charge in [-0.1, -0.05) is 0 Å². The number of hydrogen-bond donors (Lipinski definition) is 2. The average Bonchev–Trinajstić information content (AvgIpc) is 2.94. The summed E-state index contributed by atoms with van der Waals surface area (Å²) < 4.78 is 0. The van der Waals surface area contributed by atoms with E-state index in [9.17, 15) is 0 Å². The number of thiophene rings is 1. The minimum absolute atomic E-state index is 1.00. The number of anilines is 1. The van der Waals surface area contributed by atoms with Gasteiger partial charge in [-0.05, 0) is 45.1 Å². The summed E-state index contributed by atoms with van der Waals surface area (Å²) in [6.45, 7) is 9.19. The smallest absolute Gasteiger partial charge is 0.138 e. The minimum Gasteiger partial charge on any atom is -0.369 e. The number of aromatic nitrogens is 2. The van der Waals surface area contributed by atoms with Gasteiger partial charge in [0.15, 0.2) is 0 Å². The predicted molar refractivity (Wildman–Crippen MR) is 94.1 cm³/mol. The van der Waals surface area contributed by atoms with Crippen LogP contribution in [0.15, 0.2) is 6.33 Å². The van der Waals surface area contributed by atoms with Gasteiger partial charge in [0.25, 0.3) is 0 Å². The van der Waals surface area contributed by atoms with E-state index in [0.717, 1.165) is 12.4 Å². The first-order chi connectivity index (χ1) is 10.8. The Morgan fingerprint density at radius 1 is 1.18 bits per heavy atom. The third-order valence-electron chi connectivity index (χ3n) is 4.75. The molecule has 3 rings (SSSR count). The summed E-state index contributed by atoms with van der Waals surface area (Å²) in [5, 5.41) is 4.87. The Labute approximate surface area is 137 Å². The van der Waals surface area contributed by atoms with E-state index in [-0.39, 0.29) is 0 Å². The van der Waals surface area contributed by atoms with E-state index in [0.29, 0.717) is 0 Å². The molecule has 0 spiro atoms. The van der Waals surface area contributed by atoms with E-state index >= 15 is 0 Å². The Balaban J connectivity index is 1.70. The Morgan fingerprint density at radius 2 is 2.00 bits per heavy atom. The molecule has 0 saturated heterocycles. The third kappa shape index (κ3) is 3.25. The highest BCUT2D eigenvalue weighted by molar-refractivity contribution is 7.19. The lowest BCUT2D eigenvalue weighted by Crippen LogP contribution is -3.11. The molecule has 1 aliphatic carbocycles. The molecule has 22 heavy (non-hydrogen) atoms. The zero-order valence-corrected chi connectivity index (χ0v) is 14.6. The van der Waals surface area contributed by atoms with Crippen molar-refractivity contribution in [2.75, 3.05) is 31.5 Å². The molecule has 2 heterocycles. The van der Waals surface area contributed by atoms with Crippen molar-refractivity contribution in [2.24, 2.45) is 0 Å². The highest BCUT2D eigenvalue weighted by atomic mass is 32.1. The average molecular weight is 319 g/mol. The third-order valence-corrected chi connectivity index (χ3v) is 5.95. The van der Waals surface area contributed by atoms with Crippen molar-refractivity contribution < 1.29 is 4.90 Å². The molecule has 0 amide bonds. The van der Waals surface area contributed by atoms with Gasteiger partial charge in [-0.3, -0.25) is 0 Å². The summed E-state index contributed by atoms with van der Waals surface area (Å²) in [7, 11) is 0. The van der Waals surface area contributed by atoms with E-state index in [4.69, 9.17) is 0 Å². The van der Waals surface area contributed by atoms with Gasteiger partial charge in [-0.2, -0.15) is 0 Å². The number of nitrogens with one attached hydrogen (secondary N) is 2. The first kappa shape index (κ1) is 15.7. The summed E-state index contributed by atoms with van der Waals surface area (Å²) in [6.07, 6.45) is 7.94. The van der Waals surface area contributed by atoms with Crippen molar-refractivity contribution in [3.8, 4) is 0 Å². The van der Waals surface area contributed by atoms with Gasteiger partial charge in [0, 0.05) is 17.8 Å². The Morgan fingerprint density at radius 3 is 2.82 bits per heavy atom. The van der Waals surface area contributed by atoms with Crippen molar-refractivity contribution in [1.82, 2.24) is 9.97 Å². The van der Waals surface area contributed by atoms with Gasteiger partial charge in [0.05, 0.1) is 25.0 Å². The highest BCUT2D eigenvalue weighted by Gasteiger charge is 2.19. The van der Waals surface area contributed by atoms with E-state index in [1.807, 2.05) is 11.3 Å². The Hall–Kier alpha value is -1.20. The summed E-state index contributed by atoms with van der Waals surface area (Å²) in [6, 6.07) is 0. The molecule has 0 aliphatic heterocycles. The summed E-state index contributed by atoms with van der Waals surface area (Å²) in [4.78, 5) is 13.4. The van der Waals surface area contributed by atoms with Gasteiger partial charge >= 0.3 is 0 Å². The lowest BCUT2D eigenvalue weighted by atomic mass is 9.97. The molecule has 2 aromatic rings. The molecule has 4 nitrogen and oxygen atoms in total. The lowest BCUT2D eigenvalue weighted by Gasteiger charge is -2.16. The number of hydrogen-bond acceptors (Lipinski definition) is 4. The second-order valence-electron chi connectivity index (χ2n) is 6.10. The van der Waals surface area contributed by atoms with Gasteiger partial charge in [-0.15, -0.1) is 11.3 Å². The summed E-state index contributed by atoms with van der Waals surface area (Å²) >= 11 is 1.87. The number of fused-ring (bicyclic) bond motifs is 3. The van der Waals surface area contributed by atoms with Crippen molar-refractivity contribution >= 4 is 27.4 Å². The molecular formula is C17H27N4S+. The second-order valence-corrected chi connectivity index (χ2v) is 7.18. The fourth-order valence-corrected chi connectivity index (χ4v) is 4.60. The molecule has 0 atom stereocenters. The number of quaternary nitrogens is 1. The van der Waals surface area contributed by atoms with Gasteiger partial charge < -0.3 is 10.2 Å². The van der Waals surface area contributed by atoms with Crippen molar-refractivity contribution in [3.63, 3.8) is 0 Å². The Kier molecular flexibility index (Phi) is 5.26. The highest BCUT2D eigenvalue weighted by Crippen LogP contribution is 2.37. The van der Waals surface area contributed by atoms with Crippen molar-refractivity contribution in [3.05, 3.63) is 16.8 Å². The molecule has 5 heteroatoms. The van der Waals surface area contributed by atoms with Crippen LogP contribution >= 0.6 is 11.3 Å². The maximum absolute atomic E-state index is 4.52. The minimum atomic E-state index is 1.00. The van der Waals surface area contributed by atoms with Crippen LogP contribution in [-0.4, -0.2) is 36.1 Å². The SMILES string of the molecule is CC[NH+](CC)CCCNc1ncnc2sc3c(c12)CCCC3. The first-order valence-electron chi connectivity index (χ1n) is 8.66. The van der Waals surface area contributed by atoms with E-state index in [1.165, 1.54) is 72.4 Å². The van der Waals surface area contributed by atoms with E-state index in [1.54, 1.807) is 11.2 Å². The van der Waals surface area contributed by atoms with Gasteiger partial charge in [0.2, 0.25) is 0 Å². The lowest BCUT2D eigenvalue weighted by molar-refractivity contribution is -0.896. The molecule has 0 saturated carbocycles. The molecule has 0 aromatic carbocycles. The van der Waals surface area contributed by atoms with E-state index < -0.39 is 0 Å². The van der Waals surface area contributed by atoms with Crippen molar-refractivity contribution in [1.29, 1.82) is 0 Å². The maximum Gasteiger partial charge on any atom is 0.138 e. The topological polar surface area (TPSA) is 42.2 Å². The molecule has 0 radical (unpaired) electrons. The summed E-state index contributed by atoms with van der Waals surface area (Å²) in [5.41, 5.74) is 1.52. The predicted octanol–water partition coefficient (Wildman–Crippen LogP) is 2.30. The first-order valence-corrected chi connectivity index (χ1v) is 9.47. The molecule has 2 N–H and O–H groups in total. The van der Waals surface area contributed by atoms with Gasteiger partial charge in [0.1, 0.15) is 17.0 Å². The molecule has 120 valence electrons. The quantitative estimate of drug-likeness (QED) is 0.770. The van der Waals surface area contributed by atoms with Crippen LogP contribution in [0.2, 0.25) is 0 Å². The number of nitrogens with zero attached hydrogens (tertiary/aromatic N) is 2. The van der Waals surface area contributed by atoms with Crippen LogP contribution in [0.5, 0.6) is 0 Å². The molecule has 0 fully saturated rings. The molecule has 2 aromatic heterocycles. The zero-order chi connectivity index (χ0) is 15.4. The largest absolute Gasteiger partial charge is 0.369 e. The van der Waals surface area contributed by atoms with Crippen LogP contribution in [0.25, 0.3) is 10.2 Å². The normalized spacial score (nSPS) is 14.5. The van der Waals surface area contributed by atoms with Crippen molar-refractivity contribution in [2.45, 2.75) is 46.0 Å². The van der Waals surface area contributed by atoms with Crippen LogP contribution in [0, 0.1) is 0 Å². The summed E-state index contributed by atoms with van der Waals surface area (Å²) in [5.74, 6) is 1.05. The maximum atomic E-state index is 4.52. The van der Waals surface area contributed by atoms with Crippen LogP contribution in [0.1, 0.15) is 43.6 Å². The molecular weight excluding hydrogens is 292 g/mol. The number of aryl methyl sites for hydroxylation is 2. The van der Waals surface area contributed by atoms with Crippen LogP contribution in [-0.2, 0) is 12.8 Å². The van der Waals surface area contributed by atoms with Crippen LogP contribution < -0.4 is 10.2 Å². The molecule has 1 aliphatic rings. The standard InChI is InChI=1S/C17H26N4S/c1-3-21(4-2)11-7-10-18-16-15-13-8-5-6-9-14(13)22-17(15)20-12-19-16/h12H,3-11H2,1-2H3,(H,18,19,20)/p+1. The van der Waals surface area contributed by atoms with Crippen LogP contribution in [0.4, 0.5) is 5.82 Å². The molecule has 0 unspecified atom stereocenters.